The standard InChI is InChI=1S/C13H19N7O/c1-9-14-13(17-16-9)10-4-3-6-20(10)8-12(21)15-11-5-7-19(2)18-11/h5,7,10H,3-4,6,8H2,1-2H3,(H,14,16,17)(H,15,18,21)/t10-/m0/s1. The van der Waals surface area contributed by atoms with Crippen molar-refractivity contribution in [1.29, 1.82) is 0 Å². The van der Waals surface area contributed by atoms with Crippen LogP contribution in [-0.4, -0.2) is 48.9 Å². The average molecular weight is 289 g/mol. The van der Waals surface area contributed by atoms with Gasteiger partial charge in [0.2, 0.25) is 5.91 Å². The lowest BCUT2D eigenvalue weighted by Gasteiger charge is -2.21. The minimum absolute atomic E-state index is 0.0622. The molecule has 1 amide bonds. The van der Waals surface area contributed by atoms with Crippen LogP contribution in [0.1, 0.15) is 30.5 Å². The normalized spacial score (nSPS) is 19.0. The van der Waals surface area contributed by atoms with Crippen molar-refractivity contribution in [3.63, 3.8) is 0 Å². The maximum absolute atomic E-state index is 12.1. The smallest absolute Gasteiger partial charge is 0.239 e. The second-order valence-corrected chi connectivity index (χ2v) is 5.33. The molecular weight excluding hydrogens is 270 g/mol. The van der Waals surface area contributed by atoms with E-state index in [1.165, 1.54) is 0 Å². The molecule has 3 heterocycles. The molecule has 1 aliphatic heterocycles. The zero-order valence-corrected chi connectivity index (χ0v) is 12.2. The first-order valence-electron chi connectivity index (χ1n) is 7.04. The summed E-state index contributed by atoms with van der Waals surface area (Å²) in [4.78, 5) is 18.6. The number of nitrogens with one attached hydrogen (secondary N) is 2. The third kappa shape index (κ3) is 3.10. The zero-order chi connectivity index (χ0) is 14.8. The topological polar surface area (TPSA) is 91.7 Å². The second-order valence-electron chi connectivity index (χ2n) is 5.33. The van der Waals surface area contributed by atoms with Gasteiger partial charge in [-0.2, -0.15) is 10.2 Å². The number of anilines is 1. The fraction of sp³-hybridized carbons (Fsp3) is 0.538. The zero-order valence-electron chi connectivity index (χ0n) is 12.2. The van der Waals surface area contributed by atoms with Gasteiger partial charge in [0.25, 0.3) is 0 Å². The number of nitrogens with zero attached hydrogens (tertiary/aromatic N) is 5. The van der Waals surface area contributed by atoms with Gasteiger partial charge in [-0.25, -0.2) is 4.98 Å². The summed E-state index contributed by atoms with van der Waals surface area (Å²) in [5.41, 5.74) is 0. The summed E-state index contributed by atoms with van der Waals surface area (Å²) in [5, 5.41) is 14.0. The van der Waals surface area contributed by atoms with Gasteiger partial charge in [0.05, 0.1) is 12.6 Å². The second kappa shape index (κ2) is 5.65. The van der Waals surface area contributed by atoms with Crippen molar-refractivity contribution < 1.29 is 4.79 Å². The Morgan fingerprint density at radius 1 is 1.57 bits per heavy atom. The van der Waals surface area contributed by atoms with Gasteiger partial charge in [0.15, 0.2) is 11.6 Å². The van der Waals surface area contributed by atoms with Crippen molar-refractivity contribution in [2.75, 3.05) is 18.4 Å². The maximum Gasteiger partial charge on any atom is 0.239 e. The lowest BCUT2D eigenvalue weighted by atomic mass is 10.2. The summed E-state index contributed by atoms with van der Waals surface area (Å²) in [6.45, 7) is 3.09. The highest BCUT2D eigenvalue weighted by Crippen LogP contribution is 2.29. The van der Waals surface area contributed by atoms with Crippen LogP contribution in [0.25, 0.3) is 0 Å². The van der Waals surface area contributed by atoms with Gasteiger partial charge in [-0.05, 0) is 26.3 Å². The van der Waals surface area contributed by atoms with Crippen molar-refractivity contribution >= 4 is 11.7 Å². The molecule has 1 aliphatic rings. The number of hydrogen-bond donors (Lipinski definition) is 2. The third-order valence-corrected chi connectivity index (χ3v) is 3.60. The van der Waals surface area contributed by atoms with Crippen molar-refractivity contribution in [2.24, 2.45) is 7.05 Å². The Kier molecular flexibility index (Phi) is 3.70. The fourth-order valence-electron chi connectivity index (χ4n) is 2.67. The lowest BCUT2D eigenvalue weighted by molar-refractivity contribution is -0.117. The van der Waals surface area contributed by atoms with E-state index in [0.717, 1.165) is 31.0 Å². The lowest BCUT2D eigenvalue weighted by Crippen LogP contribution is -2.33. The van der Waals surface area contributed by atoms with Crippen molar-refractivity contribution in [2.45, 2.75) is 25.8 Å². The highest BCUT2D eigenvalue weighted by molar-refractivity contribution is 5.91. The first-order chi connectivity index (χ1) is 10.1. The monoisotopic (exact) mass is 289 g/mol. The van der Waals surface area contributed by atoms with Gasteiger partial charge in [-0.3, -0.25) is 19.5 Å². The van der Waals surface area contributed by atoms with E-state index in [-0.39, 0.29) is 11.9 Å². The average Bonchev–Trinajstić information content (AvgIpc) is 3.12. The van der Waals surface area contributed by atoms with Crippen molar-refractivity contribution in [1.82, 2.24) is 29.9 Å². The van der Waals surface area contributed by atoms with Gasteiger partial charge in [-0.1, -0.05) is 0 Å². The SMILES string of the molecule is Cc1nc([C@@H]2CCCN2CC(=O)Nc2ccn(C)n2)n[nH]1. The van der Waals surface area contributed by atoms with Gasteiger partial charge in [0.1, 0.15) is 5.82 Å². The van der Waals surface area contributed by atoms with Gasteiger partial charge in [0, 0.05) is 19.3 Å². The van der Waals surface area contributed by atoms with E-state index in [0.29, 0.717) is 12.4 Å². The van der Waals surface area contributed by atoms with Gasteiger partial charge in [-0.15, -0.1) is 0 Å². The Balaban J connectivity index is 1.62. The summed E-state index contributed by atoms with van der Waals surface area (Å²) < 4.78 is 1.66. The molecule has 0 bridgehead atoms. The molecule has 2 aromatic heterocycles. The molecule has 1 atom stereocenters. The number of aryl methyl sites for hydroxylation is 2. The van der Waals surface area contributed by atoms with Crippen molar-refractivity contribution in [3.05, 3.63) is 23.9 Å². The first-order valence-corrected chi connectivity index (χ1v) is 7.04. The van der Waals surface area contributed by atoms with E-state index < -0.39 is 0 Å². The fourth-order valence-corrected chi connectivity index (χ4v) is 2.67. The van der Waals surface area contributed by atoms with Crippen LogP contribution in [0.5, 0.6) is 0 Å². The Bertz CT molecular complexity index is 632. The molecule has 0 aromatic carbocycles. The minimum atomic E-state index is -0.0622. The summed E-state index contributed by atoms with van der Waals surface area (Å²) in [5.74, 6) is 2.09. The number of likely N-dealkylation sites (tertiary alicyclic amines) is 1. The van der Waals surface area contributed by atoms with Crippen LogP contribution in [0.3, 0.4) is 0 Å². The first kappa shape index (κ1) is 13.7. The minimum Gasteiger partial charge on any atom is -0.308 e. The predicted octanol–water partition coefficient (Wildman–Crippen LogP) is 0.622. The van der Waals surface area contributed by atoms with E-state index >= 15 is 0 Å². The molecule has 112 valence electrons. The summed E-state index contributed by atoms with van der Waals surface area (Å²) >= 11 is 0. The molecule has 2 N–H and O–H groups in total. The van der Waals surface area contributed by atoms with Crippen LogP contribution in [-0.2, 0) is 11.8 Å². The molecular formula is C13H19N7O. The molecule has 0 unspecified atom stereocenters. The number of rotatable bonds is 4. The number of aromatic nitrogens is 5. The molecule has 8 nitrogen and oxygen atoms in total. The maximum atomic E-state index is 12.1. The van der Waals surface area contributed by atoms with E-state index in [9.17, 15) is 4.79 Å². The summed E-state index contributed by atoms with van der Waals surface area (Å²) in [6.07, 6.45) is 3.83. The Morgan fingerprint density at radius 3 is 3.10 bits per heavy atom. The number of hydrogen-bond acceptors (Lipinski definition) is 5. The van der Waals surface area contributed by atoms with Crippen LogP contribution >= 0.6 is 0 Å². The number of H-pyrrole nitrogens is 1. The molecule has 0 spiro atoms. The molecule has 21 heavy (non-hydrogen) atoms. The number of carbonyl (C=O) groups is 1. The van der Waals surface area contributed by atoms with Crippen LogP contribution in [0.4, 0.5) is 5.82 Å². The van der Waals surface area contributed by atoms with Crippen LogP contribution < -0.4 is 5.32 Å². The molecule has 1 fully saturated rings. The summed E-state index contributed by atoms with van der Waals surface area (Å²) in [6, 6.07) is 1.89. The van der Waals surface area contributed by atoms with E-state index in [1.54, 1.807) is 16.9 Å². The van der Waals surface area contributed by atoms with Crippen LogP contribution in [0, 0.1) is 6.92 Å². The molecule has 0 aliphatic carbocycles. The van der Waals surface area contributed by atoms with Crippen LogP contribution in [0.15, 0.2) is 12.3 Å². The van der Waals surface area contributed by atoms with Crippen molar-refractivity contribution in [3.8, 4) is 0 Å². The third-order valence-electron chi connectivity index (χ3n) is 3.60. The van der Waals surface area contributed by atoms with Gasteiger partial charge < -0.3 is 5.32 Å². The molecule has 0 radical (unpaired) electrons. The molecule has 0 saturated carbocycles. The predicted molar refractivity (Wildman–Crippen MR) is 76.5 cm³/mol. The van der Waals surface area contributed by atoms with Crippen LogP contribution in [0.2, 0.25) is 0 Å². The number of carbonyl (C=O) groups excluding carboxylic acids is 1. The van der Waals surface area contributed by atoms with E-state index in [4.69, 9.17) is 0 Å². The number of amides is 1. The molecule has 3 rings (SSSR count). The Hall–Kier alpha value is -2.22. The van der Waals surface area contributed by atoms with E-state index in [2.05, 4.69) is 30.5 Å². The highest BCUT2D eigenvalue weighted by Gasteiger charge is 2.30. The Morgan fingerprint density at radius 2 is 2.43 bits per heavy atom. The summed E-state index contributed by atoms with van der Waals surface area (Å²) in [7, 11) is 1.82. The van der Waals surface area contributed by atoms with Gasteiger partial charge >= 0.3 is 0 Å². The molecule has 2 aromatic rings. The molecule has 8 heteroatoms. The van der Waals surface area contributed by atoms with E-state index in [1.807, 2.05) is 14.0 Å². The largest absolute Gasteiger partial charge is 0.308 e. The Labute approximate surface area is 122 Å². The quantitative estimate of drug-likeness (QED) is 0.861. The number of aromatic amines is 1. The highest BCUT2D eigenvalue weighted by atomic mass is 16.2. The molecule has 1 saturated heterocycles.